The molecule has 1 amide bonds. The van der Waals surface area contributed by atoms with Crippen LogP contribution in [0.5, 0.6) is 0 Å². The van der Waals surface area contributed by atoms with Gasteiger partial charge in [0.15, 0.2) is 6.10 Å². The Bertz CT molecular complexity index is 637. The summed E-state index contributed by atoms with van der Waals surface area (Å²) < 4.78 is 0. The van der Waals surface area contributed by atoms with Crippen molar-refractivity contribution in [3.63, 3.8) is 0 Å². The molecule has 0 aliphatic carbocycles. The van der Waals surface area contributed by atoms with Crippen LogP contribution in [0.2, 0.25) is 0 Å². The third-order valence-electron chi connectivity index (χ3n) is 5.66. The van der Waals surface area contributed by atoms with Gasteiger partial charge >= 0.3 is 0 Å². The molecule has 13 nitrogen and oxygen atoms in total. The Morgan fingerprint density at radius 2 is 1.28 bits per heavy atom. The van der Waals surface area contributed by atoms with Crippen LogP contribution in [0.25, 0.3) is 0 Å². The minimum Gasteiger partial charge on any atom is -0.394 e. The Morgan fingerprint density at radius 1 is 0.812 bits per heavy atom. The maximum Gasteiger partial charge on any atom is 0.252 e. The van der Waals surface area contributed by atoms with Gasteiger partial charge in [0.05, 0.1) is 12.1 Å². The third-order valence-corrected chi connectivity index (χ3v) is 5.66. The Labute approximate surface area is 183 Å². The summed E-state index contributed by atoms with van der Waals surface area (Å²) in [6.07, 6.45) is -10.1. The summed E-state index contributed by atoms with van der Waals surface area (Å²) in [6, 6.07) is -1.29. The van der Waals surface area contributed by atoms with Crippen LogP contribution >= 0.6 is 0 Å². The highest BCUT2D eigenvalue weighted by molar-refractivity contribution is 5.83. The SMILES string of the molecule is NC(CC=O)C(CC=O)(CC=O)C(CC=O)(CC=O)NC(=O)[C@H](O)[C@@H](O)[C@H](O)[C@H](O)CO. The molecule has 5 atom stereocenters. The number of aliphatic hydroxyl groups is 5. The Hall–Kier alpha value is -2.42. The molecule has 0 aliphatic rings. The van der Waals surface area contributed by atoms with Gasteiger partial charge in [-0.05, 0) is 0 Å². The number of hydrogen-bond acceptors (Lipinski definition) is 12. The zero-order chi connectivity index (χ0) is 24.9. The van der Waals surface area contributed by atoms with Crippen LogP contribution in [0.4, 0.5) is 0 Å². The van der Waals surface area contributed by atoms with E-state index >= 15 is 0 Å². The lowest BCUT2D eigenvalue weighted by molar-refractivity contribution is -0.154. The summed E-state index contributed by atoms with van der Waals surface area (Å²) in [5, 5.41) is 50.3. The first-order valence-corrected chi connectivity index (χ1v) is 9.66. The van der Waals surface area contributed by atoms with Crippen molar-refractivity contribution in [2.45, 2.75) is 68.1 Å². The molecule has 0 heterocycles. The predicted octanol–water partition coefficient (Wildman–Crippen LogP) is -4.46. The topological polar surface area (TPSA) is 242 Å². The average Bonchev–Trinajstić information content (AvgIpc) is 2.76. The van der Waals surface area contributed by atoms with E-state index in [1.807, 2.05) is 0 Å². The lowest BCUT2D eigenvalue weighted by Crippen LogP contribution is -2.68. The molecule has 0 rings (SSSR count). The lowest BCUT2D eigenvalue weighted by atomic mass is 9.58. The van der Waals surface area contributed by atoms with E-state index in [-0.39, 0.29) is 12.6 Å². The summed E-state index contributed by atoms with van der Waals surface area (Å²) in [7, 11) is 0. The van der Waals surface area contributed by atoms with Crippen molar-refractivity contribution < 1.29 is 54.3 Å². The van der Waals surface area contributed by atoms with Gasteiger partial charge in [-0.1, -0.05) is 0 Å². The molecule has 0 aromatic rings. The first-order valence-electron chi connectivity index (χ1n) is 9.66. The summed E-state index contributed by atoms with van der Waals surface area (Å²) in [4.78, 5) is 69.7. The molecule has 8 N–H and O–H groups in total. The van der Waals surface area contributed by atoms with Crippen molar-refractivity contribution in [2.24, 2.45) is 11.1 Å². The van der Waals surface area contributed by atoms with Crippen LogP contribution in [0.3, 0.4) is 0 Å². The first kappa shape index (κ1) is 29.6. The van der Waals surface area contributed by atoms with Crippen molar-refractivity contribution in [3.05, 3.63) is 0 Å². The fraction of sp³-hybridized carbons (Fsp3) is 0.684. The van der Waals surface area contributed by atoms with Crippen molar-refractivity contribution in [2.75, 3.05) is 6.61 Å². The zero-order valence-electron chi connectivity index (χ0n) is 17.3. The highest BCUT2D eigenvalue weighted by Gasteiger charge is 2.55. The van der Waals surface area contributed by atoms with E-state index in [4.69, 9.17) is 10.8 Å². The van der Waals surface area contributed by atoms with Crippen molar-refractivity contribution in [3.8, 4) is 0 Å². The summed E-state index contributed by atoms with van der Waals surface area (Å²) in [6.45, 7) is -1.00. The highest BCUT2D eigenvalue weighted by atomic mass is 16.4. The van der Waals surface area contributed by atoms with E-state index < -0.39 is 86.0 Å². The van der Waals surface area contributed by atoms with E-state index in [1.165, 1.54) is 0 Å². The van der Waals surface area contributed by atoms with Crippen LogP contribution in [0.15, 0.2) is 0 Å². The second-order valence-electron chi connectivity index (χ2n) is 7.40. The summed E-state index contributed by atoms with van der Waals surface area (Å²) in [5.41, 5.74) is 2.20. The summed E-state index contributed by atoms with van der Waals surface area (Å²) >= 11 is 0. The monoisotopic (exact) mass is 462 g/mol. The summed E-state index contributed by atoms with van der Waals surface area (Å²) in [5.74, 6) is -1.44. The number of amides is 1. The van der Waals surface area contributed by atoms with Crippen molar-refractivity contribution in [1.29, 1.82) is 0 Å². The molecular formula is C19H30N2O11. The average molecular weight is 462 g/mol. The molecule has 0 aliphatic heterocycles. The van der Waals surface area contributed by atoms with Gasteiger partial charge in [0.2, 0.25) is 0 Å². The lowest BCUT2D eigenvalue weighted by Gasteiger charge is -2.51. The standard InChI is InChI=1S/C19H30N2O11/c20-13(1-6-22)18(2-7-23,3-8-24)19(4-9-25,5-10-26)21-17(32)16(31)15(30)14(29)12(28)11-27/h6-10,12-16,27-31H,1-5,11,20H2,(H,21,32)/t12-,13?,14-,15+,16-/m1/s1. The maximum absolute atomic E-state index is 12.7. The van der Waals surface area contributed by atoms with Gasteiger partial charge in [-0.25, -0.2) is 0 Å². The van der Waals surface area contributed by atoms with E-state index in [9.17, 15) is 49.2 Å². The molecule has 0 radical (unpaired) electrons. The Morgan fingerprint density at radius 3 is 1.66 bits per heavy atom. The van der Waals surface area contributed by atoms with Crippen LogP contribution in [0.1, 0.15) is 32.1 Å². The van der Waals surface area contributed by atoms with Crippen LogP contribution in [-0.4, -0.2) is 105 Å². The van der Waals surface area contributed by atoms with E-state index in [0.717, 1.165) is 0 Å². The Balaban J connectivity index is 6.49. The number of hydrogen-bond donors (Lipinski definition) is 7. The molecular weight excluding hydrogens is 432 g/mol. The molecule has 0 bridgehead atoms. The molecule has 1 unspecified atom stereocenters. The number of nitrogens with one attached hydrogen (secondary N) is 1. The third kappa shape index (κ3) is 6.54. The van der Waals surface area contributed by atoms with Crippen molar-refractivity contribution in [1.82, 2.24) is 5.32 Å². The molecule has 32 heavy (non-hydrogen) atoms. The molecule has 13 heteroatoms. The number of rotatable bonds is 18. The molecule has 0 aromatic heterocycles. The smallest absolute Gasteiger partial charge is 0.252 e. The van der Waals surface area contributed by atoms with Gasteiger partial charge < -0.3 is 60.6 Å². The number of aldehydes is 5. The maximum atomic E-state index is 12.7. The molecule has 0 spiro atoms. The quantitative estimate of drug-likeness (QED) is 0.0954. The Kier molecular flexibility index (Phi) is 12.8. The molecule has 0 fully saturated rings. The van der Waals surface area contributed by atoms with Crippen LogP contribution in [-0.2, 0) is 28.8 Å². The largest absolute Gasteiger partial charge is 0.394 e. The van der Waals surface area contributed by atoms with Gasteiger partial charge in [0, 0.05) is 43.6 Å². The first-order chi connectivity index (χ1) is 15.1. The van der Waals surface area contributed by atoms with E-state index in [2.05, 4.69) is 5.32 Å². The molecule has 0 saturated carbocycles. The normalized spacial score (nSPS) is 16.7. The fourth-order valence-electron chi connectivity index (χ4n) is 3.75. The van der Waals surface area contributed by atoms with Gasteiger partial charge in [-0.2, -0.15) is 0 Å². The number of aliphatic hydroxyl groups excluding tert-OH is 5. The number of carbonyl (C=O) groups excluding carboxylic acids is 6. The fourth-order valence-corrected chi connectivity index (χ4v) is 3.75. The second kappa shape index (κ2) is 13.9. The predicted molar refractivity (Wildman–Crippen MR) is 106 cm³/mol. The van der Waals surface area contributed by atoms with Crippen molar-refractivity contribution >= 4 is 37.3 Å². The van der Waals surface area contributed by atoms with Gasteiger partial charge in [0.25, 0.3) is 5.91 Å². The zero-order valence-corrected chi connectivity index (χ0v) is 17.3. The van der Waals surface area contributed by atoms with Gasteiger partial charge in [-0.3, -0.25) is 4.79 Å². The van der Waals surface area contributed by atoms with E-state index in [1.54, 1.807) is 0 Å². The minimum absolute atomic E-state index is 0.273. The number of carbonyl (C=O) groups is 6. The van der Waals surface area contributed by atoms with Gasteiger partial charge in [0.1, 0.15) is 49.7 Å². The van der Waals surface area contributed by atoms with Gasteiger partial charge in [-0.15, -0.1) is 0 Å². The molecule has 0 aromatic carbocycles. The van der Waals surface area contributed by atoms with Crippen LogP contribution < -0.4 is 11.1 Å². The van der Waals surface area contributed by atoms with Crippen LogP contribution in [0, 0.1) is 5.41 Å². The minimum atomic E-state index is -2.43. The number of nitrogens with two attached hydrogens (primary N) is 1. The second-order valence-corrected chi connectivity index (χ2v) is 7.40. The highest BCUT2D eigenvalue weighted by Crippen LogP contribution is 2.45. The van der Waals surface area contributed by atoms with E-state index in [0.29, 0.717) is 18.9 Å². The molecule has 182 valence electrons. The molecule has 0 saturated heterocycles.